The summed E-state index contributed by atoms with van der Waals surface area (Å²) in [6.45, 7) is 4.45. The summed E-state index contributed by atoms with van der Waals surface area (Å²) >= 11 is 1.90. The molecule has 0 aliphatic rings. The zero-order valence-corrected chi connectivity index (χ0v) is 11.1. The Labute approximate surface area is 106 Å². The normalized spacial score (nSPS) is 13.6. The molecule has 3 N–H and O–H groups in total. The number of hydrogen-bond donors (Lipinski definition) is 2. The maximum Gasteiger partial charge on any atom is 0.188 e. The lowest BCUT2D eigenvalue weighted by Gasteiger charge is -2.08. The van der Waals surface area contributed by atoms with Crippen molar-refractivity contribution in [2.24, 2.45) is 16.8 Å². The van der Waals surface area contributed by atoms with Gasteiger partial charge in [0.2, 0.25) is 0 Å². The van der Waals surface area contributed by atoms with Crippen molar-refractivity contribution in [2.75, 3.05) is 5.75 Å². The zero-order valence-electron chi connectivity index (χ0n) is 10.3. The SMILES string of the molecule is CCC(C)CSCc1ccnc(/C(N)=N/O)c1. The molecule has 94 valence electrons. The lowest BCUT2D eigenvalue weighted by Crippen LogP contribution is -2.15. The van der Waals surface area contributed by atoms with Crippen LogP contribution in [0.1, 0.15) is 31.5 Å². The summed E-state index contributed by atoms with van der Waals surface area (Å²) in [5.41, 5.74) is 7.16. The number of aromatic nitrogens is 1. The number of hydrogen-bond acceptors (Lipinski definition) is 4. The van der Waals surface area contributed by atoms with Crippen LogP contribution >= 0.6 is 11.8 Å². The second-order valence-corrected chi connectivity index (χ2v) is 5.09. The third-order valence-electron chi connectivity index (χ3n) is 2.56. The predicted molar refractivity (Wildman–Crippen MR) is 72.4 cm³/mol. The van der Waals surface area contributed by atoms with Crippen molar-refractivity contribution >= 4 is 17.6 Å². The van der Waals surface area contributed by atoms with Gasteiger partial charge in [0.05, 0.1) is 0 Å². The Morgan fingerprint density at radius 1 is 1.65 bits per heavy atom. The number of nitrogens with zero attached hydrogens (tertiary/aromatic N) is 2. The quantitative estimate of drug-likeness (QED) is 0.353. The summed E-state index contributed by atoms with van der Waals surface area (Å²) in [6.07, 6.45) is 2.89. The van der Waals surface area contributed by atoms with E-state index in [1.54, 1.807) is 6.20 Å². The highest BCUT2D eigenvalue weighted by Gasteiger charge is 2.03. The van der Waals surface area contributed by atoms with Crippen LogP contribution in [0.5, 0.6) is 0 Å². The fourth-order valence-corrected chi connectivity index (χ4v) is 2.42. The summed E-state index contributed by atoms with van der Waals surface area (Å²) in [4.78, 5) is 4.04. The molecule has 1 rings (SSSR count). The Hall–Kier alpha value is -1.23. The highest BCUT2D eigenvalue weighted by atomic mass is 32.2. The Morgan fingerprint density at radius 3 is 3.06 bits per heavy atom. The van der Waals surface area contributed by atoms with Crippen LogP contribution in [-0.2, 0) is 5.75 Å². The number of thioether (sulfide) groups is 1. The molecule has 1 heterocycles. The molecule has 1 aromatic heterocycles. The molecule has 1 atom stereocenters. The minimum Gasteiger partial charge on any atom is -0.409 e. The number of nitrogens with two attached hydrogens (primary N) is 1. The van der Waals surface area contributed by atoms with Crippen LogP contribution in [-0.4, -0.2) is 21.8 Å². The molecule has 4 nitrogen and oxygen atoms in total. The largest absolute Gasteiger partial charge is 0.409 e. The third-order valence-corrected chi connectivity index (χ3v) is 3.90. The van der Waals surface area contributed by atoms with Crippen LogP contribution in [0.2, 0.25) is 0 Å². The minimum atomic E-state index is 0.0544. The first-order chi connectivity index (χ1) is 8.17. The number of amidine groups is 1. The van der Waals surface area contributed by atoms with Crippen LogP contribution in [0.4, 0.5) is 0 Å². The molecule has 0 saturated heterocycles. The topological polar surface area (TPSA) is 71.5 Å². The van der Waals surface area contributed by atoms with Gasteiger partial charge in [0.25, 0.3) is 0 Å². The fourth-order valence-electron chi connectivity index (χ4n) is 1.25. The Morgan fingerprint density at radius 2 is 2.41 bits per heavy atom. The van der Waals surface area contributed by atoms with Crippen molar-refractivity contribution in [3.8, 4) is 0 Å². The van der Waals surface area contributed by atoms with E-state index in [-0.39, 0.29) is 5.84 Å². The van der Waals surface area contributed by atoms with Gasteiger partial charge in [0.1, 0.15) is 5.69 Å². The first-order valence-corrected chi connectivity index (χ1v) is 6.83. The van der Waals surface area contributed by atoms with E-state index in [1.165, 1.54) is 6.42 Å². The number of rotatable bonds is 6. The summed E-state index contributed by atoms with van der Waals surface area (Å²) < 4.78 is 0. The van der Waals surface area contributed by atoms with Gasteiger partial charge in [0, 0.05) is 11.9 Å². The second kappa shape index (κ2) is 7.17. The van der Waals surface area contributed by atoms with Gasteiger partial charge >= 0.3 is 0 Å². The van der Waals surface area contributed by atoms with Crippen LogP contribution in [0.3, 0.4) is 0 Å². The van der Waals surface area contributed by atoms with Gasteiger partial charge in [-0.25, -0.2) is 0 Å². The molecule has 0 aliphatic heterocycles. The van der Waals surface area contributed by atoms with Gasteiger partial charge in [-0.2, -0.15) is 11.8 Å². The van der Waals surface area contributed by atoms with E-state index in [1.807, 2.05) is 23.9 Å². The molecule has 0 saturated carbocycles. The minimum absolute atomic E-state index is 0.0544. The van der Waals surface area contributed by atoms with Gasteiger partial charge in [0.15, 0.2) is 5.84 Å². The van der Waals surface area contributed by atoms with Crippen molar-refractivity contribution in [1.82, 2.24) is 4.98 Å². The number of oxime groups is 1. The molecule has 1 aromatic rings. The van der Waals surface area contributed by atoms with E-state index in [4.69, 9.17) is 10.9 Å². The second-order valence-electron chi connectivity index (χ2n) is 4.06. The highest BCUT2D eigenvalue weighted by Crippen LogP contribution is 2.17. The maximum absolute atomic E-state index is 8.58. The first-order valence-electron chi connectivity index (χ1n) is 5.68. The molecular formula is C12H19N3OS. The molecular weight excluding hydrogens is 234 g/mol. The molecule has 17 heavy (non-hydrogen) atoms. The van der Waals surface area contributed by atoms with Crippen LogP contribution < -0.4 is 5.73 Å². The summed E-state index contributed by atoms with van der Waals surface area (Å²) in [7, 11) is 0. The van der Waals surface area contributed by atoms with Gasteiger partial charge in [-0.15, -0.1) is 0 Å². The average Bonchev–Trinajstić information content (AvgIpc) is 2.38. The fraction of sp³-hybridized carbons (Fsp3) is 0.500. The standard InChI is InChI=1S/C12H19N3OS/c1-3-9(2)7-17-8-10-4-5-14-11(6-10)12(13)15-16/h4-6,9,16H,3,7-8H2,1-2H3,(H2,13,15). The van der Waals surface area contributed by atoms with Gasteiger partial charge in [-0.3, -0.25) is 4.98 Å². The summed E-state index contributed by atoms with van der Waals surface area (Å²) in [5, 5.41) is 11.5. The lowest BCUT2D eigenvalue weighted by molar-refractivity contribution is 0.318. The van der Waals surface area contributed by atoms with E-state index in [0.717, 1.165) is 23.0 Å². The number of pyridine rings is 1. The Bertz CT molecular complexity index is 382. The van der Waals surface area contributed by atoms with Gasteiger partial charge in [-0.05, 0) is 29.4 Å². The molecule has 0 radical (unpaired) electrons. The van der Waals surface area contributed by atoms with Crippen molar-refractivity contribution < 1.29 is 5.21 Å². The zero-order chi connectivity index (χ0) is 12.7. The monoisotopic (exact) mass is 253 g/mol. The summed E-state index contributed by atoms with van der Waals surface area (Å²) in [6, 6.07) is 3.82. The van der Waals surface area contributed by atoms with E-state index in [0.29, 0.717) is 5.69 Å². The smallest absolute Gasteiger partial charge is 0.188 e. The molecule has 0 fully saturated rings. The van der Waals surface area contributed by atoms with Crippen LogP contribution in [0.25, 0.3) is 0 Å². The molecule has 1 unspecified atom stereocenters. The lowest BCUT2D eigenvalue weighted by atomic mass is 10.2. The molecule has 0 aliphatic carbocycles. The average molecular weight is 253 g/mol. The van der Waals surface area contributed by atoms with Crippen LogP contribution in [0.15, 0.2) is 23.5 Å². The Kier molecular flexibility index (Phi) is 5.83. The highest BCUT2D eigenvalue weighted by molar-refractivity contribution is 7.98. The van der Waals surface area contributed by atoms with Crippen LogP contribution in [0, 0.1) is 5.92 Å². The van der Waals surface area contributed by atoms with E-state index in [2.05, 4.69) is 24.0 Å². The third kappa shape index (κ3) is 4.65. The summed E-state index contributed by atoms with van der Waals surface area (Å²) in [5.74, 6) is 2.88. The first kappa shape index (κ1) is 13.8. The van der Waals surface area contributed by atoms with Crippen molar-refractivity contribution in [1.29, 1.82) is 0 Å². The molecule has 5 heteroatoms. The maximum atomic E-state index is 8.58. The van der Waals surface area contributed by atoms with Crippen molar-refractivity contribution in [3.05, 3.63) is 29.6 Å². The van der Waals surface area contributed by atoms with Gasteiger partial charge in [-0.1, -0.05) is 25.4 Å². The van der Waals surface area contributed by atoms with E-state index < -0.39 is 0 Å². The van der Waals surface area contributed by atoms with Crippen molar-refractivity contribution in [2.45, 2.75) is 26.0 Å². The van der Waals surface area contributed by atoms with E-state index >= 15 is 0 Å². The molecule has 0 aromatic carbocycles. The predicted octanol–water partition coefficient (Wildman–Crippen LogP) is 2.46. The van der Waals surface area contributed by atoms with E-state index in [9.17, 15) is 0 Å². The molecule has 0 bridgehead atoms. The van der Waals surface area contributed by atoms with Crippen molar-refractivity contribution in [3.63, 3.8) is 0 Å². The Balaban J connectivity index is 2.54. The van der Waals surface area contributed by atoms with Gasteiger partial charge < -0.3 is 10.9 Å². The molecule has 0 amide bonds. The molecule has 0 spiro atoms.